The number of hydrogen-bond acceptors (Lipinski definition) is 2. The smallest absolute Gasteiger partial charge is 1.00 e. The van der Waals surface area contributed by atoms with Gasteiger partial charge in [0.15, 0.2) is 0 Å². The molecule has 0 saturated heterocycles. The van der Waals surface area contributed by atoms with E-state index in [-0.39, 0.29) is 78.7 Å². The SMILES string of the molecule is O=C(O)O.O=P(O)(O)O.[Co].[H-].[H-].[Na+].[Na+]. The fourth-order valence-electron chi connectivity index (χ4n) is 0. The first-order valence-corrected chi connectivity index (χ1v) is 3.00. The zero-order chi connectivity index (χ0) is 8.08. The van der Waals surface area contributed by atoms with Crippen LogP contribution in [-0.4, -0.2) is 31.0 Å². The molecule has 0 fully saturated rings. The third kappa shape index (κ3) is 396. The van der Waals surface area contributed by atoms with Crippen LogP contribution in [0.3, 0.4) is 0 Å². The molecule has 11 heteroatoms. The molecule has 0 amide bonds. The van der Waals surface area contributed by atoms with Crippen molar-refractivity contribution in [2.45, 2.75) is 0 Å². The van der Waals surface area contributed by atoms with E-state index < -0.39 is 14.0 Å². The molecule has 0 aliphatic carbocycles. The van der Waals surface area contributed by atoms with E-state index in [1.807, 2.05) is 0 Å². The average Bonchev–Trinajstić information content (AvgIpc) is 1.19. The second kappa shape index (κ2) is 15.4. The van der Waals surface area contributed by atoms with Crippen LogP contribution in [0.5, 0.6) is 0 Å². The Kier molecular flexibility index (Phi) is 37.4. The summed E-state index contributed by atoms with van der Waals surface area (Å²) < 4.78 is 8.88. The van der Waals surface area contributed by atoms with Gasteiger partial charge in [-0.2, -0.15) is 0 Å². The Morgan fingerprint density at radius 2 is 1.08 bits per heavy atom. The van der Waals surface area contributed by atoms with Crippen molar-refractivity contribution >= 4 is 14.0 Å². The number of phosphoric acid groups is 1. The van der Waals surface area contributed by atoms with Crippen LogP contribution < -0.4 is 59.1 Å². The molecule has 0 aliphatic rings. The van der Waals surface area contributed by atoms with E-state index in [9.17, 15) is 0 Å². The molecule has 0 spiro atoms. The molecular weight excluding hydrogens is 260 g/mol. The zero-order valence-corrected chi connectivity index (χ0v) is 12.3. The summed E-state index contributed by atoms with van der Waals surface area (Å²) in [4.78, 5) is 30.1. The number of rotatable bonds is 0. The standard InChI is InChI=1S/CH2O3.Co.2Na.H3O4P.2H/c2-1(3)4;;;;1-5(2,3)4;;/h(H2,2,3,4);;;;(H3,1,2,3,4);;/q;;2*+1;;2*-1. The summed E-state index contributed by atoms with van der Waals surface area (Å²) in [6.45, 7) is 0. The molecular formula is CH7CoNa2O7P. The van der Waals surface area contributed by atoms with E-state index in [4.69, 9.17) is 34.3 Å². The molecule has 0 atom stereocenters. The van der Waals surface area contributed by atoms with E-state index in [2.05, 4.69) is 0 Å². The van der Waals surface area contributed by atoms with Crippen molar-refractivity contribution in [2.24, 2.45) is 0 Å². The van der Waals surface area contributed by atoms with Gasteiger partial charge < -0.3 is 27.7 Å². The van der Waals surface area contributed by atoms with Crippen LogP contribution >= 0.6 is 7.82 Å². The summed E-state index contributed by atoms with van der Waals surface area (Å²) in [5, 5.41) is 13.9. The van der Waals surface area contributed by atoms with E-state index in [1.165, 1.54) is 0 Å². The second-order valence-corrected chi connectivity index (χ2v) is 1.82. The topological polar surface area (TPSA) is 135 Å². The molecule has 0 bridgehead atoms. The van der Waals surface area contributed by atoms with Crippen LogP contribution in [0.15, 0.2) is 0 Å². The molecule has 0 heterocycles. The number of carbonyl (C=O) groups is 1. The maximum absolute atomic E-state index is 8.88. The van der Waals surface area contributed by atoms with Gasteiger partial charge >= 0.3 is 73.1 Å². The molecule has 1 radical (unpaired) electrons. The van der Waals surface area contributed by atoms with Crippen molar-refractivity contribution in [3.63, 3.8) is 0 Å². The largest absolute Gasteiger partial charge is 1.00 e. The van der Waals surface area contributed by atoms with Gasteiger partial charge in [-0.25, -0.2) is 9.36 Å². The Hall–Kier alpha value is 1.89. The van der Waals surface area contributed by atoms with Crippen LogP contribution in [0.4, 0.5) is 4.79 Å². The number of carboxylic acid groups (broad SMARTS) is 2. The van der Waals surface area contributed by atoms with Gasteiger partial charge in [0.05, 0.1) is 0 Å². The van der Waals surface area contributed by atoms with Gasteiger partial charge in [-0.05, 0) is 0 Å². The molecule has 0 rings (SSSR count). The van der Waals surface area contributed by atoms with Crippen molar-refractivity contribution in [3.8, 4) is 0 Å². The maximum Gasteiger partial charge on any atom is 1.00 e. The monoisotopic (exact) mass is 267 g/mol. The van der Waals surface area contributed by atoms with Crippen molar-refractivity contribution in [1.29, 1.82) is 0 Å². The Morgan fingerprint density at radius 3 is 1.08 bits per heavy atom. The van der Waals surface area contributed by atoms with E-state index in [1.54, 1.807) is 0 Å². The molecule has 0 aromatic carbocycles. The van der Waals surface area contributed by atoms with E-state index in [0.29, 0.717) is 0 Å². The molecule has 0 unspecified atom stereocenters. The van der Waals surface area contributed by atoms with Gasteiger partial charge in [-0.15, -0.1) is 0 Å². The van der Waals surface area contributed by atoms with Gasteiger partial charge in [0.1, 0.15) is 0 Å². The summed E-state index contributed by atoms with van der Waals surface area (Å²) in [6.07, 6.45) is -1.83. The molecule has 7 nitrogen and oxygen atoms in total. The fourth-order valence-corrected chi connectivity index (χ4v) is 0. The quantitative estimate of drug-likeness (QED) is 0.217. The second-order valence-electron chi connectivity index (χ2n) is 0.796. The van der Waals surface area contributed by atoms with Crippen LogP contribution in [0.25, 0.3) is 0 Å². The Bertz CT molecular complexity index is 129. The third-order valence-corrected chi connectivity index (χ3v) is 0. The summed E-state index contributed by atoms with van der Waals surface area (Å²) in [5.41, 5.74) is 0. The molecule has 0 saturated carbocycles. The molecule has 12 heavy (non-hydrogen) atoms. The summed E-state index contributed by atoms with van der Waals surface area (Å²) >= 11 is 0. The van der Waals surface area contributed by atoms with Crippen molar-refractivity contribution in [2.75, 3.05) is 0 Å². The Labute approximate surface area is 126 Å². The molecule has 0 aromatic heterocycles. The predicted molar refractivity (Wildman–Crippen MR) is 27.1 cm³/mol. The van der Waals surface area contributed by atoms with Crippen LogP contribution in [-0.2, 0) is 21.3 Å². The average molecular weight is 267 g/mol. The van der Waals surface area contributed by atoms with Crippen molar-refractivity contribution in [3.05, 3.63) is 0 Å². The van der Waals surface area contributed by atoms with E-state index >= 15 is 0 Å². The minimum absolute atomic E-state index is 0. The number of hydrogen-bond donors (Lipinski definition) is 5. The molecule has 0 aromatic rings. The van der Waals surface area contributed by atoms with Gasteiger partial charge in [0.25, 0.3) is 0 Å². The van der Waals surface area contributed by atoms with Crippen molar-refractivity contribution in [1.82, 2.24) is 0 Å². The Morgan fingerprint density at radius 1 is 1.08 bits per heavy atom. The maximum atomic E-state index is 8.88. The minimum atomic E-state index is -4.64. The van der Waals surface area contributed by atoms with Crippen LogP contribution in [0, 0.1) is 0 Å². The first-order valence-electron chi connectivity index (χ1n) is 1.43. The fraction of sp³-hybridized carbons (Fsp3) is 0. The van der Waals surface area contributed by atoms with Gasteiger partial charge in [-0.3, -0.25) is 0 Å². The van der Waals surface area contributed by atoms with E-state index in [0.717, 1.165) is 0 Å². The minimum Gasteiger partial charge on any atom is -1.00 e. The first-order chi connectivity index (χ1) is 3.73. The Balaban J connectivity index is -0.0000000104. The van der Waals surface area contributed by atoms with Gasteiger partial charge in [0, 0.05) is 16.8 Å². The zero-order valence-electron chi connectivity index (χ0n) is 8.33. The normalized spacial score (nSPS) is 6.92. The van der Waals surface area contributed by atoms with Crippen LogP contribution in [0.1, 0.15) is 2.85 Å². The summed E-state index contributed by atoms with van der Waals surface area (Å²) in [5.74, 6) is 0. The van der Waals surface area contributed by atoms with Crippen LogP contribution in [0.2, 0.25) is 0 Å². The van der Waals surface area contributed by atoms with Gasteiger partial charge in [0.2, 0.25) is 0 Å². The van der Waals surface area contributed by atoms with Gasteiger partial charge in [-0.1, -0.05) is 0 Å². The predicted octanol–water partition coefficient (Wildman–Crippen LogP) is -6.48. The molecule has 0 aliphatic heterocycles. The first kappa shape index (κ1) is 29.2. The molecule has 5 N–H and O–H groups in total. The summed E-state index contributed by atoms with van der Waals surface area (Å²) in [6, 6.07) is 0. The summed E-state index contributed by atoms with van der Waals surface area (Å²) in [7, 11) is -4.64. The molecule has 69 valence electrons. The third-order valence-electron chi connectivity index (χ3n) is 0. The van der Waals surface area contributed by atoms with Crippen molar-refractivity contribution < 1.29 is 113 Å².